The van der Waals surface area contributed by atoms with Crippen LogP contribution in [0.5, 0.6) is 0 Å². The van der Waals surface area contributed by atoms with Crippen molar-refractivity contribution >= 4 is 5.91 Å². The van der Waals surface area contributed by atoms with Crippen molar-refractivity contribution in [3.8, 4) is 0 Å². The van der Waals surface area contributed by atoms with Gasteiger partial charge in [0.25, 0.3) is 12.3 Å². The molecule has 2 aromatic rings. The Morgan fingerprint density at radius 3 is 2.96 bits per heavy atom. The number of alkyl halides is 2. The van der Waals surface area contributed by atoms with Crippen molar-refractivity contribution in [3.05, 3.63) is 42.0 Å². The second-order valence-electron chi connectivity index (χ2n) is 5.45. The summed E-state index contributed by atoms with van der Waals surface area (Å²) >= 11 is 0. The lowest BCUT2D eigenvalue weighted by Crippen LogP contribution is -2.44. The first kappa shape index (κ1) is 15.7. The molecule has 1 amide bonds. The van der Waals surface area contributed by atoms with Gasteiger partial charge in [0.2, 0.25) is 0 Å². The Kier molecular flexibility index (Phi) is 4.42. The number of morpholine rings is 1. The molecule has 23 heavy (non-hydrogen) atoms. The van der Waals surface area contributed by atoms with E-state index in [4.69, 9.17) is 4.74 Å². The highest BCUT2D eigenvalue weighted by Crippen LogP contribution is 2.25. The number of aromatic nitrogens is 3. The maximum absolute atomic E-state index is 12.7. The van der Waals surface area contributed by atoms with Crippen LogP contribution in [0.4, 0.5) is 8.78 Å². The third-order valence-electron chi connectivity index (χ3n) is 3.90. The van der Waals surface area contributed by atoms with E-state index in [1.165, 1.54) is 12.3 Å². The van der Waals surface area contributed by atoms with E-state index in [1.807, 2.05) is 29.9 Å². The summed E-state index contributed by atoms with van der Waals surface area (Å²) in [4.78, 5) is 14.4. The Labute approximate surface area is 132 Å². The fraction of sp³-hybridized carbons (Fsp3) is 0.467. The molecule has 1 aliphatic rings. The molecule has 3 heterocycles. The summed E-state index contributed by atoms with van der Waals surface area (Å²) in [6.45, 7) is 0.778. The maximum Gasteiger partial charge on any atom is 0.275 e. The molecule has 124 valence electrons. The molecule has 0 aromatic carbocycles. The molecule has 1 unspecified atom stereocenters. The average molecular weight is 324 g/mol. The van der Waals surface area contributed by atoms with Gasteiger partial charge in [0.05, 0.1) is 19.3 Å². The van der Waals surface area contributed by atoms with E-state index < -0.39 is 13.0 Å². The number of rotatable bonds is 4. The van der Waals surface area contributed by atoms with E-state index in [2.05, 4.69) is 5.10 Å². The summed E-state index contributed by atoms with van der Waals surface area (Å²) in [6, 6.07) is 5.11. The summed E-state index contributed by atoms with van der Waals surface area (Å²) < 4.78 is 33.3. The molecule has 0 saturated carbocycles. The van der Waals surface area contributed by atoms with E-state index in [0.29, 0.717) is 19.8 Å². The number of amides is 1. The van der Waals surface area contributed by atoms with E-state index in [-0.39, 0.29) is 17.6 Å². The molecule has 1 saturated heterocycles. The number of halogens is 2. The average Bonchev–Trinajstić information content (AvgIpc) is 3.15. The molecule has 1 fully saturated rings. The number of aryl methyl sites for hydroxylation is 1. The number of nitrogens with zero attached hydrogens (tertiary/aromatic N) is 4. The third-order valence-corrected chi connectivity index (χ3v) is 3.90. The lowest BCUT2D eigenvalue weighted by Gasteiger charge is -2.35. The van der Waals surface area contributed by atoms with Crippen LogP contribution in [0.2, 0.25) is 0 Å². The summed E-state index contributed by atoms with van der Waals surface area (Å²) in [5.41, 5.74) is 1.14. The minimum atomic E-state index is -2.50. The van der Waals surface area contributed by atoms with Gasteiger partial charge in [-0.05, 0) is 18.2 Å². The zero-order chi connectivity index (χ0) is 16.4. The minimum Gasteiger partial charge on any atom is -0.377 e. The highest BCUT2D eigenvalue weighted by molar-refractivity contribution is 5.92. The van der Waals surface area contributed by atoms with Crippen LogP contribution >= 0.6 is 0 Å². The highest BCUT2D eigenvalue weighted by atomic mass is 19.3. The van der Waals surface area contributed by atoms with Crippen molar-refractivity contribution in [2.75, 3.05) is 19.8 Å². The van der Waals surface area contributed by atoms with Crippen molar-refractivity contribution < 1.29 is 18.3 Å². The smallest absolute Gasteiger partial charge is 0.275 e. The van der Waals surface area contributed by atoms with Gasteiger partial charge in [-0.25, -0.2) is 8.78 Å². The van der Waals surface area contributed by atoms with Gasteiger partial charge in [-0.15, -0.1) is 0 Å². The highest BCUT2D eigenvalue weighted by Gasteiger charge is 2.31. The molecule has 6 nitrogen and oxygen atoms in total. The summed E-state index contributed by atoms with van der Waals surface area (Å²) in [5.74, 6) is -0.271. The predicted octanol–water partition coefficient (Wildman–Crippen LogP) is 1.70. The standard InChI is InChI=1S/C15H18F2N4O2/c1-19-5-2-3-12(19)13-10-23-8-7-21(13)15(22)11-4-6-20(18-11)9-14(16)17/h2-6,13-14H,7-10H2,1H3. The molecule has 1 atom stereocenters. The summed E-state index contributed by atoms with van der Waals surface area (Å²) in [5, 5.41) is 3.96. The first-order chi connectivity index (χ1) is 11.1. The van der Waals surface area contributed by atoms with Gasteiger partial charge < -0.3 is 14.2 Å². The largest absolute Gasteiger partial charge is 0.377 e. The van der Waals surface area contributed by atoms with Crippen molar-refractivity contribution in [3.63, 3.8) is 0 Å². The Morgan fingerprint density at radius 2 is 2.26 bits per heavy atom. The summed E-state index contributed by atoms with van der Waals surface area (Å²) in [7, 11) is 1.91. The van der Waals surface area contributed by atoms with Crippen LogP contribution in [0.25, 0.3) is 0 Å². The molecule has 0 aliphatic carbocycles. The SMILES string of the molecule is Cn1cccc1C1COCCN1C(=O)c1ccn(CC(F)F)n1. The Morgan fingerprint density at radius 1 is 1.43 bits per heavy atom. The Bertz CT molecular complexity index is 683. The van der Waals surface area contributed by atoms with Crippen LogP contribution < -0.4 is 0 Å². The van der Waals surface area contributed by atoms with Gasteiger partial charge in [-0.1, -0.05) is 0 Å². The van der Waals surface area contributed by atoms with E-state index in [0.717, 1.165) is 10.4 Å². The van der Waals surface area contributed by atoms with Gasteiger partial charge in [0, 0.05) is 31.7 Å². The van der Waals surface area contributed by atoms with E-state index >= 15 is 0 Å². The topological polar surface area (TPSA) is 52.3 Å². The van der Waals surface area contributed by atoms with Crippen molar-refractivity contribution in [1.29, 1.82) is 0 Å². The summed E-state index contributed by atoms with van der Waals surface area (Å²) in [6.07, 6.45) is 0.804. The number of hydrogen-bond acceptors (Lipinski definition) is 3. The van der Waals surface area contributed by atoms with Gasteiger partial charge >= 0.3 is 0 Å². The van der Waals surface area contributed by atoms with Crippen LogP contribution in [0.1, 0.15) is 22.2 Å². The number of hydrogen-bond donors (Lipinski definition) is 0. The molecule has 2 aromatic heterocycles. The number of carbonyl (C=O) groups is 1. The fourth-order valence-electron chi connectivity index (χ4n) is 2.78. The quantitative estimate of drug-likeness (QED) is 0.860. The second-order valence-corrected chi connectivity index (χ2v) is 5.45. The molecule has 0 spiro atoms. The number of ether oxygens (including phenoxy) is 1. The van der Waals surface area contributed by atoms with Crippen LogP contribution in [0.15, 0.2) is 30.6 Å². The van der Waals surface area contributed by atoms with Crippen LogP contribution in [-0.4, -0.2) is 51.3 Å². The third kappa shape index (κ3) is 3.26. The molecule has 8 heteroatoms. The molecule has 0 bridgehead atoms. The van der Waals surface area contributed by atoms with E-state index in [9.17, 15) is 13.6 Å². The lowest BCUT2D eigenvalue weighted by molar-refractivity contribution is -0.00501. The van der Waals surface area contributed by atoms with E-state index in [1.54, 1.807) is 4.90 Å². The Hall–Kier alpha value is -2.22. The molecule has 0 N–H and O–H groups in total. The van der Waals surface area contributed by atoms with Gasteiger partial charge in [-0.2, -0.15) is 5.10 Å². The molecule has 1 aliphatic heterocycles. The van der Waals surface area contributed by atoms with Crippen molar-refractivity contribution in [1.82, 2.24) is 19.2 Å². The molecule has 0 radical (unpaired) electrons. The van der Waals surface area contributed by atoms with Crippen LogP contribution in [0.3, 0.4) is 0 Å². The minimum absolute atomic E-state index is 0.173. The zero-order valence-corrected chi connectivity index (χ0v) is 12.7. The first-order valence-electron chi connectivity index (χ1n) is 7.38. The Balaban J connectivity index is 1.81. The molecular weight excluding hydrogens is 306 g/mol. The lowest BCUT2D eigenvalue weighted by atomic mass is 10.1. The maximum atomic E-state index is 12.7. The molecular formula is C15H18F2N4O2. The van der Waals surface area contributed by atoms with Crippen molar-refractivity contribution in [2.45, 2.75) is 19.0 Å². The van der Waals surface area contributed by atoms with Gasteiger partial charge in [-0.3, -0.25) is 9.48 Å². The van der Waals surface area contributed by atoms with Crippen molar-refractivity contribution in [2.24, 2.45) is 7.05 Å². The zero-order valence-electron chi connectivity index (χ0n) is 12.7. The van der Waals surface area contributed by atoms with Crippen LogP contribution in [-0.2, 0) is 18.3 Å². The van der Waals surface area contributed by atoms with Gasteiger partial charge in [0.1, 0.15) is 12.2 Å². The normalized spacial score (nSPS) is 18.6. The first-order valence-corrected chi connectivity index (χ1v) is 7.38. The second kappa shape index (κ2) is 6.49. The fourth-order valence-corrected chi connectivity index (χ4v) is 2.78. The predicted molar refractivity (Wildman–Crippen MR) is 78.2 cm³/mol. The molecule has 3 rings (SSSR count). The van der Waals surface area contributed by atoms with Crippen LogP contribution in [0, 0.1) is 0 Å². The monoisotopic (exact) mass is 324 g/mol. The van der Waals surface area contributed by atoms with Gasteiger partial charge in [0.15, 0.2) is 0 Å². The number of carbonyl (C=O) groups excluding carboxylic acids is 1.